The number of Topliss-reactive ketones (excluding diaryl/α,β-unsaturated/α-hetero) is 1. The van der Waals surface area contributed by atoms with Gasteiger partial charge >= 0.3 is 0 Å². The maximum absolute atomic E-state index is 11.0. The third-order valence-electron chi connectivity index (χ3n) is 2.82. The lowest BCUT2D eigenvalue weighted by Gasteiger charge is -2.20. The first-order chi connectivity index (χ1) is 6.97. The Morgan fingerprint density at radius 2 is 1.93 bits per heavy atom. The second-order valence-electron chi connectivity index (χ2n) is 4.29. The number of hydrogen-bond donors (Lipinski definition) is 1. The lowest BCUT2D eigenvalue weighted by atomic mass is 9.85. The zero-order valence-corrected chi connectivity index (χ0v) is 9.98. The Bertz CT molecular complexity index is 301. The third kappa shape index (κ3) is 5.89. The lowest BCUT2D eigenvalue weighted by Crippen LogP contribution is -2.24. The highest BCUT2D eigenvalue weighted by Crippen LogP contribution is 2.25. The molecule has 5 heteroatoms. The minimum Gasteiger partial charge on any atom is -0.300 e. The predicted molar refractivity (Wildman–Crippen MR) is 59.0 cm³/mol. The molecule has 15 heavy (non-hydrogen) atoms. The van der Waals surface area contributed by atoms with Crippen LogP contribution in [0.2, 0.25) is 0 Å². The largest absolute Gasteiger partial charge is 0.300 e. The molecule has 1 fully saturated rings. The van der Waals surface area contributed by atoms with Gasteiger partial charge in [0.1, 0.15) is 5.78 Å². The van der Waals surface area contributed by atoms with Gasteiger partial charge in [-0.1, -0.05) is 0 Å². The molecule has 0 amide bonds. The Labute approximate surface area is 91.5 Å². The van der Waals surface area contributed by atoms with E-state index in [1.54, 1.807) is 0 Å². The molecule has 1 aliphatic rings. The minimum absolute atomic E-state index is 0.375. The van der Waals surface area contributed by atoms with Crippen LogP contribution in [0.3, 0.4) is 0 Å². The molecule has 0 aromatic heterocycles. The van der Waals surface area contributed by atoms with Gasteiger partial charge in [0.2, 0.25) is 10.0 Å². The molecular weight excluding hydrogens is 214 g/mol. The average molecular weight is 233 g/mol. The number of carbonyl (C=O) groups is 1. The fourth-order valence-corrected chi connectivity index (χ4v) is 2.45. The zero-order valence-electron chi connectivity index (χ0n) is 9.16. The number of nitrogens with one attached hydrogen (secondary N) is 1. The molecule has 1 rings (SSSR count). The Morgan fingerprint density at radius 3 is 2.47 bits per heavy atom. The molecule has 1 saturated carbocycles. The normalized spacial score (nSPS) is 19.4. The summed E-state index contributed by atoms with van der Waals surface area (Å²) >= 11 is 0. The van der Waals surface area contributed by atoms with Crippen LogP contribution < -0.4 is 4.72 Å². The molecule has 0 bridgehead atoms. The lowest BCUT2D eigenvalue weighted by molar-refractivity contribution is -0.121. The summed E-state index contributed by atoms with van der Waals surface area (Å²) in [5, 5.41) is 0. The van der Waals surface area contributed by atoms with Crippen molar-refractivity contribution in [2.24, 2.45) is 5.92 Å². The Kier molecular flexibility index (Phi) is 4.73. The summed E-state index contributed by atoms with van der Waals surface area (Å²) in [6.45, 7) is 0.517. The summed E-state index contributed by atoms with van der Waals surface area (Å²) in [4.78, 5) is 11.0. The highest BCUT2D eigenvalue weighted by Gasteiger charge is 2.17. The number of carbonyl (C=O) groups excluding carboxylic acids is 1. The summed E-state index contributed by atoms with van der Waals surface area (Å²) in [6.07, 6.45) is 6.46. The van der Waals surface area contributed by atoms with E-state index >= 15 is 0 Å². The van der Waals surface area contributed by atoms with Crippen molar-refractivity contribution in [3.8, 4) is 0 Å². The molecule has 1 N–H and O–H groups in total. The Hall–Kier alpha value is -0.420. The minimum atomic E-state index is -3.04. The molecule has 0 radical (unpaired) electrons. The van der Waals surface area contributed by atoms with Gasteiger partial charge < -0.3 is 0 Å². The average Bonchev–Trinajstić information content (AvgIpc) is 2.14. The smallest absolute Gasteiger partial charge is 0.208 e. The quantitative estimate of drug-likeness (QED) is 0.723. The summed E-state index contributed by atoms with van der Waals surface area (Å²) in [5.41, 5.74) is 0. The molecule has 0 aliphatic heterocycles. The summed E-state index contributed by atoms with van der Waals surface area (Å²) in [7, 11) is -3.04. The first kappa shape index (κ1) is 12.6. The number of rotatable bonds is 5. The highest BCUT2D eigenvalue weighted by molar-refractivity contribution is 7.88. The van der Waals surface area contributed by atoms with E-state index < -0.39 is 10.0 Å². The molecule has 0 atom stereocenters. The summed E-state index contributed by atoms with van der Waals surface area (Å²) < 4.78 is 24.0. The maximum atomic E-state index is 11.0. The van der Waals surface area contributed by atoms with E-state index in [1.165, 1.54) is 6.26 Å². The molecule has 0 aromatic rings. The van der Waals surface area contributed by atoms with Crippen LogP contribution in [0.15, 0.2) is 0 Å². The van der Waals surface area contributed by atoms with E-state index in [1.807, 2.05) is 0 Å². The number of hydrogen-bond acceptors (Lipinski definition) is 3. The first-order valence-corrected chi connectivity index (χ1v) is 7.33. The first-order valence-electron chi connectivity index (χ1n) is 5.44. The van der Waals surface area contributed by atoms with Crippen LogP contribution in [0.1, 0.15) is 38.5 Å². The van der Waals surface area contributed by atoms with Gasteiger partial charge in [-0.15, -0.1) is 0 Å². The van der Waals surface area contributed by atoms with Crippen molar-refractivity contribution >= 4 is 15.8 Å². The second kappa shape index (κ2) is 5.61. The molecule has 0 heterocycles. The Balaban J connectivity index is 2.08. The topological polar surface area (TPSA) is 63.2 Å². The summed E-state index contributed by atoms with van der Waals surface area (Å²) in [6, 6.07) is 0. The maximum Gasteiger partial charge on any atom is 0.208 e. The van der Waals surface area contributed by atoms with Crippen molar-refractivity contribution in [1.29, 1.82) is 0 Å². The number of sulfonamides is 1. The molecule has 4 nitrogen and oxygen atoms in total. The van der Waals surface area contributed by atoms with Crippen molar-refractivity contribution in [1.82, 2.24) is 4.72 Å². The fraction of sp³-hybridized carbons (Fsp3) is 0.900. The SMILES string of the molecule is CS(=O)(=O)NCCCC1CCC(=O)CC1. The van der Waals surface area contributed by atoms with Gasteiger partial charge in [-0.25, -0.2) is 13.1 Å². The molecule has 1 aliphatic carbocycles. The van der Waals surface area contributed by atoms with E-state index in [0.717, 1.165) is 25.7 Å². The van der Waals surface area contributed by atoms with Crippen LogP contribution in [-0.2, 0) is 14.8 Å². The van der Waals surface area contributed by atoms with Crippen molar-refractivity contribution < 1.29 is 13.2 Å². The van der Waals surface area contributed by atoms with Gasteiger partial charge in [0.15, 0.2) is 0 Å². The van der Waals surface area contributed by atoms with Gasteiger partial charge in [0, 0.05) is 19.4 Å². The van der Waals surface area contributed by atoms with Crippen molar-refractivity contribution in [2.45, 2.75) is 38.5 Å². The van der Waals surface area contributed by atoms with Crippen molar-refractivity contribution in [3.05, 3.63) is 0 Å². The fourth-order valence-electron chi connectivity index (χ4n) is 1.94. The molecular formula is C10H19NO3S. The molecule has 0 unspecified atom stereocenters. The van der Waals surface area contributed by atoms with E-state index in [0.29, 0.717) is 31.1 Å². The second-order valence-corrected chi connectivity index (χ2v) is 6.12. The third-order valence-corrected chi connectivity index (χ3v) is 3.54. The molecule has 0 aromatic carbocycles. The van der Waals surface area contributed by atoms with E-state index in [-0.39, 0.29) is 0 Å². The Morgan fingerprint density at radius 1 is 1.33 bits per heavy atom. The van der Waals surface area contributed by atoms with E-state index in [4.69, 9.17) is 0 Å². The zero-order chi connectivity index (χ0) is 11.3. The van der Waals surface area contributed by atoms with Gasteiger partial charge in [-0.05, 0) is 31.6 Å². The van der Waals surface area contributed by atoms with E-state index in [9.17, 15) is 13.2 Å². The standard InChI is InChI=1S/C10H19NO3S/c1-15(13,14)11-8-2-3-9-4-6-10(12)7-5-9/h9,11H,2-8H2,1H3. The molecule has 0 saturated heterocycles. The molecule has 0 spiro atoms. The van der Waals surface area contributed by atoms with Crippen LogP contribution in [0.25, 0.3) is 0 Å². The van der Waals surface area contributed by atoms with Crippen molar-refractivity contribution in [2.75, 3.05) is 12.8 Å². The van der Waals surface area contributed by atoms with Gasteiger partial charge in [-0.2, -0.15) is 0 Å². The summed E-state index contributed by atoms with van der Waals surface area (Å²) in [5.74, 6) is 0.990. The van der Waals surface area contributed by atoms with Crippen LogP contribution in [0.5, 0.6) is 0 Å². The van der Waals surface area contributed by atoms with E-state index in [2.05, 4.69) is 4.72 Å². The van der Waals surface area contributed by atoms with Gasteiger partial charge in [-0.3, -0.25) is 4.79 Å². The molecule has 88 valence electrons. The van der Waals surface area contributed by atoms with Crippen LogP contribution >= 0.6 is 0 Å². The van der Waals surface area contributed by atoms with Crippen LogP contribution in [0, 0.1) is 5.92 Å². The van der Waals surface area contributed by atoms with Gasteiger partial charge in [0.05, 0.1) is 6.26 Å². The predicted octanol–water partition coefficient (Wildman–Crippen LogP) is 1.08. The monoisotopic (exact) mass is 233 g/mol. The number of ketones is 1. The highest BCUT2D eigenvalue weighted by atomic mass is 32.2. The van der Waals surface area contributed by atoms with Crippen LogP contribution in [-0.4, -0.2) is 27.0 Å². The van der Waals surface area contributed by atoms with Crippen molar-refractivity contribution in [3.63, 3.8) is 0 Å². The van der Waals surface area contributed by atoms with Crippen LogP contribution in [0.4, 0.5) is 0 Å². The van der Waals surface area contributed by atoms with Gasteiger partial charge in [0.25, 0.3) is 0 Å².